The predicted molar refractivity (Wildman–Crippen MR) is 62.7 cm³/mol. The smallest absolute Gasteiger partial charge is 0.120 e. The summed E-state index contributed by atoms with van der Waals surface area (Å²) >= 11 is 1.88. The van der Waals surface area contributed by atoms with Crippen LogP contribution in [-0.4, -0.2) is 18.1 Å². The third-order valence-corrected chi connectivity index (χ3v) is 3.12. The first-order valence-corrected chi connectivity index (χ1v) is 6.42. The highest BCUT2D eigenvalue weighted by Gasteiger charge is 2.07. The Bertz CT molecular complexity index is 260. The van der Waals surface area contributed by atoms with E-state index in [9.17, 15) is 0 Å². The molecule has 0 aromatic carbocycles. The van der Waals surface area contributed by atoms with Gasteiger partial charge in [0, 0.05) is 11.8 Å². The van der Waals surface area contributed by atoms with Gasteiger partial charge in [0.25, 0.3) is 0 Å². The minimum Gasteiger partial charge on any atom is -0.468 e. The second-order valence-corrected chi connectivity index (χ2v) is 4.38. The lowest BCUT2D eigenvalue weighted by Gasteiger charge is -2.14. The molecule has 1 aromatic rings. The van der Waals surface area contributed by atoms with Crippen molar-refractivity contribution in [1.29, 1.82) is 0 Å². The summed E-state index contributed by atoms with van der Waals surface area (Å²) in [4.78, 5) is 0. The van der Waals surface area contributed by atoms with Crippen molar-refractivity contribution in [1.82, 2.24) is 5.32 Å². The van der Waals surface area contributed by atoms with Crippen LogP contribution < -0.4 is 5.32 Å². The zero-order valence-electron chi connectivity index (χ0n) is 9.17. The molecular formula is C11H19NOS. The molecule has 0 radical (unpaired) electrons. The Labute approximate surface area is 90.5 Å². The van der Waals surface area contributed by atoms with Crippen molar-refractivity contribution in [3.63, 3.8) is 0 Å². The molecule has 1 heterocycles. The monoisotopic (exact) mass is 213 g/mol. The van der Waals surface area contributed by atoms with Gasteiger partial charge < -0.3 is 9.73 Å². The number of aryl methyl sites for hydroxylation is 1. The van der Waals surface area contributed by atoms with Gasteiger partial charge in [-0.2, -0.15) is 11.8 Å². The van der Waals surface area contributed by atoms with Crippen molar-refractivity contribution in [2.45, 2.75) is 32.9 Å². The molecular weight excluding hydrogens is 194 g/mol. The summed E-state index contributed by atoms with van der Waals surface area (Å²) in [6, 6.07) is 2.60. The molecule has 0 spiro atoms. The molecule has 0 saturated carbocycles. The summed E-state index contributed by atoms with van der Waals surface area (Å²) in [5.74, 6) is 2.22. The van der Waals surface area contributed by atoms with Crippen LogP contribution in [0.1, 0.15) is 24.7 Å². The topological polar surface area (TPSA) is 25.2 Å². The molecule has 0 bridgehead atoms. The second kappa shape index (κ2) is 6.14. The fourth-order valence-electron chi connectivity index (χ4n) is 1.34. The molecule has 14 heavy (non-hydrogen) atoms. The summed E-state index contributed by atoms with van der Waals surface area (Å²) < 4.78 is 5.37. The number of rotatable bonds is 6. The molecule has 1 unspecified atom stereocenters. The number of hydrogen-bond acceptors (Lipinski definition) is 3. The van der Waals surface area contributed by atoms with Crippen LogP contribution in [0, 0.1) is 6.92 Å². The number of thioether (sulfide) groups is 1. The van der Waals surface area contributed by atoms with Gasteiger partial charge in [0.05, 0.1) is 12.8 Å². The summed E-state index contributed by atoms with van der Waals surface area (Å²) in [7, 11) is 0. The van der Waals surface area contributed by atoms with Crippen LogP contribution in [0.2, 0.25) is 0 Å². The molecule has 3 heteroatoms. The molecule has 0 aliphatic rings. The SMILES string of the molecule is CCC(CSC)NCc1occc1C. The minimum atomic E-state index is 0.592. The van der Waals surface area contributed by atoms with Gasteiger partial charge in [0.15, 0.2) is 0 Å². The van der Waals surface area contributed by atoms with Crippen LogP contribution in [-0.2, 0) is 6.54 Å². The predicted octanol–water partition coefficient (Wildman–Crippen LogP) is 2.82. The van der Waals surface area contributed by atoms with E-state index in [1.54, 1.807) is 6.26 Å². The molecule has 80 valence electrons. The van der Waals surface area contributed by atoms with Gasteiger partial charge >= 0.3 is 0 Å². The highest BCUT2D eigenvalue weighted by molar-refractivity contribution is 7.98. The van der Waals surface area contributed by atoms with Crippen LogP contribution >= 0.6 is 11.8 Å². The Morgan fingerprint density at radius 2 is 2.36 bits per heavy atom. The van der Waals surface area contributed by atoms with E-state index in [1.165, 1.54) is 12.0 Å². The molecule has 0 amide bonds. The fourth-order valence-corrected chi connectivity index (χ4v) is 2.10. The van der Waals surface area contributed by atoms with Crippen LogP contribution in [0.5, 0.6) is 0 Å². The summed E-state index contributed by atoms with van der Waals surface area (Å²) in [5.41, 5.74) is 1.23. The average Bonchev–Trinajstić information content (AvgIpc) is 2.59. The van der Waals surface area contributed by atoms with Gasteiger partial charge in [-0.25, -0.2) is 0 Å². The molecule has 1 N–H and O–H groups in total. The molecule has 0 aliphatic heterocycles. The standard InChI is InChI=1S/C11H19NOS/c1-4-10(8-14-3)12-7-11-9(2)5-6-13-11/h5-6,10,12H,4,7-8H2,1-3H3. The van der Waals surface area contributed by atoms with Gasteiger partial charge in [-0.3, -0.25) is 0 Å². The van der Waals surface area contributed by atoms with Gasteiger partial charge in [-0.15, -0.1) is 0 Å². The minimum absolute atomic E-state index is 0.592. The van der Waals surface area contributed by atoms with Crippen molar-refractivity contribution in [3.8, 4) is 0 Å². The Morgan fingerprint density at radius 1 is 1.57 bits per heavy atom. The van der Waals surface area contributed by atoms with Gasteiger partial charge in [0.2, 0.25) is 0 Å². The summed E-state index contributed by atoms with van der Waals surface area (Å²) in [5, 5.41) is 3.50. The summed E-state index contributed by atoms with van der Waals surface area (Å²) in [6.45, 7) is 5.14. The lowest BCUT2D eigenvalue weighted by Crippen LogP contribution is -2.30. The first-order chi connectivity index (χ1) is 6.77. The molecule has 0 fully saturated rings. The van der Waals surface area contributed by atoms with Crippen LogP contribution in [0.15, 0.2) is 16.7 Å². The van der Waals surface area contributed by atoms with Crippen LogP contribution in [0.4, 0.5) is 0 Å². The van der Waals surface area contributed by atoms with E-state index in [2.05, 4.69) is 25.4 Å². The van der Waals surface area contributed by atoms with Crippen molar-refractivity contribution >= 4 is 11.8 Å². The van der Waals surface area contributed by atoms with Crippen LogP contribution in [0.3, 0.4) is 0 Å². The summed E-state index contributed by atoms with van der Waals surface area (Å²) in [6.07, 6.45) is 5.06. The van der Waals surface area contributed by atoms with Crippen LogP contribution in [0.25, 0.3) is 0 Å². The molecule has 0 aliphatic carbocycles. The fraction of sp³-hybridized carbons (Fsp3) is 0.636. The lowest BCUT2D eigenvalue weighted by atomic mass is 10.2. The maximum absolute atomic E-state index is 5.37. The Balaban J connectivity index is 2.35. The largest absolute Gasteiger partial charge is 0.468 e. The number of hydrogen-bond donors (Lipinski definition) is 1. The first kappa shape index (κ1) is 11.7. The molecule has 0 saturated heterocycles. The van der Waals surface area contributed by atoms with Crippen molar-refractivity contribution in [3.05, 3.63) is 23.7 Å². The van der Waals surface area contributed by atoms with Gasteiger partial charge in [0.1, 0.15) is 5.76 Å². The van der Waals surface area contributed by atoms with E-state index in [0.717, 1.165) is 18.1 Å². The van der Waals surface area contributed by atoms with E-state index < -0.39 is 0 Å². The van der Waals surface area contributed by atoms with Gasteiger partial charge in [-0.05, 0) is 31.2 Å². The maximum atomic E-state index is 5.37. The lowest BCUT2D eigenvalue weighted by molar-refractivity contribution is 0.450. The van der Waals surface area contributed by atoms with Crippen molar-refractivity contribution < 1.29 is 4.42 Å². The van der Waals surface area contributed by atoms with E-state index in [1.807, 2.05) is 17.8 Å². The maximum Gasteiger partial charge on any atom is 0.120 e. The van der Waals surface area contributed by atoms with Crippen molar-refractivity contribution in [2.24, 2.45) is 0 Å². The van der Waals surface area contributed by atoms with Gasteiger partial charge in [-0.1, -0.05) is 6.92 Å². The van der Waals surface area contributed by atoms with E-state index >= 15 is 0 Å². The quantitative estimate of drug-likeness (QED) is 0.786. The molecule has 1 aromatic heterocycles. The third kappa shape index (κ3) is 3.39. The normalized spacial score (nSPS) is 13.1. The molecule has 1 rings (SSSR count). The van der Waals surface area contributed by atoms with E-state index in [0.29, 0.717) is 6.04 Å². The Kier molecular flexibility index (Phi) is 5.12. The zero-order chi connectivity index (χ0) is 10.4. The van der Waals surface area contributed by atoms with Crippen molar-refractivity contribution in [2.75, 3.05) is 12.0 Å². The Morgan fingerprint density at radius 3 is 2.86 bits per heavy atom. The second-order valence-electron chi connectivity index (χ2n) is 3.47. The zero-order valence-corrected chi connectivity index (χ0v) is 9.99. The third-order valence-electron chi connectivity index (χ3n) is 2.38. The number of furan rings is 1. The molecule has 1 atom stereocenters. The first-order valence-electron chi connectivity index (χ1n) is 5.03. The Hall–Kier alpha value is -0.410. The van der Waals surface area contributed by atoms with E-state index in [4.69, 9.17) is 4.42 Å². The molecule has 2 nitrogen and oxygen atoms in total. The average molecular weight is 213 g/mol. The van der Waals surface area contributed by atoms with E-state index in [-0.39, 0.29) is 0 Å². The highest BCUT2D eigenvalue weighted by Crippen LogP contribution is 2.09. The highest BCUT2D eigenvalue weighted by atomic mass is 32.2. The number of nitrogens with one attached hydrogen (secondary N) is 1.